The van der Waals surface area contributed by atoms with Crippen molar-refractivity contribution in [3.8, 4) is 17.3 Å². The van der Waals surface area contributed by atoms with Crippen molar-refractivity contribution in [3.05, 3.63) is 35.4 Å². The molecule has 0 saturated carbocycles. The number of hydrogen-bond donors (Lipinski definition) is 0. The molecule has 1 unspecified atom stereocenters. The Kier molecular flexibility index (Phi) is 10.3. The topological polar surface area (TPSA) is 95.3 Å². The highest BCUT2D eigenvalue weighted by Gasteiger charge is 2.53. The second-order valence-electron chi connectivity index (χ2n) is 17.7. The van der Waals surface area contributed by atoms with Gasteiger partial charge in [-0.1, -0.05) is 76.3 Å². The Morgan fingerprint density at radius 1 is 0.920 bits per heavy atom. The summed E-state index contributed by atoms with van der Waals surface area (Å²) in [4.78, 5) is 9.84. The van der Waals surface area contributed by atoms with Gasteiger partial charge in [0.2, 0.25) is 0 Å². The largest absolute Gasteiger partial charge is 0.494 e. The van der Waals surface area contributed by atoms with Crippen molar-refractivity contribution < 1.29 is 32.7 Å². The molecule has 5 heterocycles. The fourth-order valence-corrected chi connectivity index (χ4v) is 8.38. The van der Waals surface area contributed by atoms with Crippen LogP contribution in [0.4, 0.5) is 0 Å². The van der Waals surface area contributed by atoms with E-state index in [1.54, 1.807) is 0 Å². The molecule has 3 saturated heterocycles. The average Bonchev–Trinajstić information content (AvgIpc) is 3.72. The minimum absolute atomic E-state index is 0.0856. The van der Waals surface area contributed by atoms with Gasteiger partial charge < -0.3 is 32.7 Å². The highest BCUT2D eigenvalue weighted by atomic mass is 35.5. The highest BCUT2D eigenvalue weighted by Crippen LogP contribution is 2.41. The molecule has 0 radical (unpaired) electrons. The summed E-state index contributed by atoms with van der Waals surface area (Å²) in [5.41, 5.74) is 2.84. The van der Waals surface area contributed by atoms with Crippen LogP contribution in [0.25, 0.3) is 22.4 Å². The van der Waals surface area contributed by atoms with E-state index in [1.165, 1.54) is 0 Å². The monoisotopic (exact) mass is 743 g/mol. The van der Waals surface area contributed by atoms with Crippen LogP contribution in [0.15, 0.2) is 30.3 Å². The van der Waals surface area contributed by atoms with Crippen molar-refractivity contribution in [2.45, 2.75) is 135 Å². The first-order valence-corrected chi connectivity index (χ1v) is 24.8. The fourth-order valence-electron chi connectivity index (χ4n) is 6.05. The fraction of sp³-hybridized carbons (Fsp3) is 0.667. The summed E-state index contributed by atoms with van der Waals surface area (Å²) >= 11 is 6.95. The van der Waals surface area contributed by atoms with Gasteiger partial charge in [0, 0.05) is 20.2 Å². The van der Waals surface area contributed by atoms with Crippen LogP contribution >= 0.6 is 11.6 Å². The molecule has 0 amide bonds. The van der Waals surface area contributed by atoms with Gasteiger partial charge >= 0.3 is 13.1 Å². The zero-order valence-corrected chi connectivity index (χ0v) is 34.6. The Morgan fingerprint density at radius 3 is 2.12 bits per heavy atom. The van der Waals surface area contributed by atoms with Crippen molar-refractivity contribution in [2.75, 3.05) is 19.8 Å². The van der Waals surface area contributed by atoms with E-state index in [4.69, 9.17) is 54.3 Å². The van der Waals surface area contributed by atoms with Gasteiger partial charge in [-0.25, -0.2) is 4.98 Å². The summed E-state index contributed by atoms with van der Waals surface area (Å²) < 4.78 is 46.5. The first-order chi connectivity index (χ1) is 23.2. The number of fused-ring (bicyclic) bond motifs is 2. The number of pyridine rings is 1. The quantitative estimate of drug-likeness (QED) is 0.148. The molecule has 4 atom stereocenters. The lowest BCUT2D eigenvalue weighted by Crippen LogP contribution is -2.47. The summed E-state index contributed by atoms with van der Waals surface area (Å²) in [7, 11) is -3.75. The van der Waals surface area contributed by atoms with Crippen LogP contribution in [0.1, 0.15) is 48.5 Å². The van der Waals surface area contributed by atoms with E-state index in [0.29, 0.717) is 42.2 Å². The molecule has 14 heteroatoms. The lowest BCUT2D eigenvalue weighted by Gasteiger charge is -2.39. The molecule has 3 aromatic rings. The molecule has 3 aliphatic rings. The van der Waals surface area contributed by atoms with Crippen LogP contribution in [0.2, 0.25) is 48.8 Å². The van der Waals surface area contributed by atoms with Crippen LogP contribution < -0.4 is 10.2 Å². The number of benzene rings is 1. The SMILES string of the molecule is CC1(C)OB(c2ccc(-c3nc4nc(O[C@@H]5CO[C@@H]6C(O[Si](C)(C)C(C)(C)C)CO[C@@H]65)n(COCC[Si](C)(C)C)c4cc3Cl)cc2)OC1(C)C. The van der Waals surface area contributed by atoms with Gasteiger partial charge in [-0.2, -0.15) is 4.98 Å². The zero-order chi connectivity index (χ0) is 36.4. The van der Waals surface area contributed by atoms with Gasteiger partial charge in [0.05, 0.1) is 46.8 Å². The highest BCUT2D eigenvalue weighted by molar-refractivity contribution is 6.76. The van der Waals surface area contributed by atoms with E-state index >= 15 is 0 Å². The maximum absolute atomic E-state index is 6.95. The van der Waals surface area contributed by atoms with E-state index in [0.717, 1.165) is 22.6 Å². The van der Waals surface area contributed by atoms with Crippen LogP contribution in [0.5, 0.6) is 6.01 Å². The molecule has 0 spiro atoms. The maximum atomic E-state index is 6.95. The molecular formula is C36H55BClN3O7Si2. The van der Waals surface area contributed by atoms with Crippen molar-refractivity contribution in [2.24, 2.45) is 0 Å². The third-order valence-electron chi connectivity index (χ3n) is 11.1. The summed E-state index contributed by atoms with van der Waals surface area (Å²) in [6, 6.07) is 11.3. The van der Waals surface area contributed by atoms with E-state index in [2.05, 4.69) is 81.2 Å². The van der Waals surface area contributed by atoms with E-state index in [1.807, 2.05) is 34.9 Å². The number of hydrogen-bond acceptors (Lipinski definition) is 9. The number of rotatable bonds is 11. The number of imidazole rings is 1. The van der Waals surface area contributed by atoms with Crippen molar-refractivity contribution in [1.82, 2.24) is 14.5 Å². The summed E-state index contributed by atoms with van der Waals surface area (Å²) in [5, 5.41) is 0.590. The van der Waals surface area contributed by atoms with Crippen LogP contribution in [0.3, 0.4) is 0 Å². The lowest BCUT2D eigenvalue weighted by molar-refractivity contribution is 0.00578. The molecule has 1 aromatic carbocycles. The van der Waals surface area contributed by atoms with Crippen LogP contribution in [0, 0.1) is 0 Å². The lowest BCUT2D eigenvalue weighted by atomic mass is 9.79. The Hall–Kier alpha value is -1.81. The Labute approximate surface area is 305 Å². The molecule has 0 aliphatic carbocycles. The molecule has 10 nitrogen and oxygen atoms in total. The van der Waals surface area contributed by atoms with Gasteiger partial charge in [-0.3, -0.25) is 4.57 Å². The minimum Gasteiger partial charge on any atom is -0.456 e. The summed E-state index contributed by atoms with van der Waals surface area (Å²) in [6.45, 7) is 28.2. The van der Waals surface area contributed by atoms with Gasteiger partial charge in [-0.05, 0) is 63.4 Å². The second kappa shape index (κ2) is 13.6. The normalized spacial score (nSPS) is 25.1. The first kappa shape index (κ1) is 37.9. The van der Waals surface area contributed by atoms with Gasteiger partial charge in [0.1, 0.15) is 18.9 Å². The van der Waals surface area contributed by atoms with Gasteiger partial charge in [0.25, 0.3) is 0 Å². The molecule has 3 aliphatic heterocycles. The van der Waals surface area contributed by atoms with Crippen molar-refractivity contribution in [3.63, 3.8) is 0 Å². The van der Waals surface area contributed by atoms with E-state index in [9.17, 15) is 0 Å². The zero-order valence-electron chi connectivity index (χ0n) is 31.9. The molecule has 3 fully saturated rings. The van der Waals surface area contributed by atoms with E-state index < -0.39 is 34.7 Å². The smallest absolute Gasteiger partial charge is 0.456 e. The summed E-state index contributed by atoms with van der Waals surface area (Å²) in [6.07, 6.45) is -0.944. The number of aromatic nitrogens is 3. The number of ether oxygens (including phenoxy) is 4. The molecule has 6 rings (SSSR count). The molecular weight excluding hydrogens is 689 g/mol. The number of halogens is 1. The molecule has 2 aromatic heterocycles. The Bertz CT molecular complexity index is 1670. The molecule has 0 bridgehead atoms. The Balaban J connectivity index is 1.25. The van der Waals surface area contributed by atoms with Crippen LogP contribution in [-0.2, 0) is 34.7 Å². The minimum atomic E-state index is -2.01. The van der Waals surface area contributed by atoms with Gasteiger partial charge in [0.15, 0.2) is 20.1 Å². The maximum Gasteiger partial charge on any atom is 0.494 e. The average molecular weight is 744 g/mol. The predicted octanol–water partition coefficient (Wildman–Crippen LogP) is 7.30. The third kappa shape index (κ3) is 7.63. The summed E-state index contributed by atoms with van der Waals surface area (Å²) in [5.74, 6) is 0. The Morgan fingerprint density at radius 2 is 1.52 bits per heavy atom. The van der Waals surface area contributed by atoms with Crippen molar-refractivity contribution >= 4 is 51.7 Å². The predicted molar refractivity (Wildman–Crippen MR) is 204 cm³/mol. The molecule has 0 N–H and O–H groups in total. The van der Waals surface area contributed by atoms with Gasteiger partial charge in [-0.15, -0.1) is 0 Å². The molecule has 274 valence electrons. The first-order valence-electron chi connectivity index (χ1n) is 17.8. The van der Waals surface area contributed by atoms with Crippen LogP contribution in [-0.4, -0.2) is 93.5 Å². The third-order valence-corrected chi connectivity index (χ3v) is 17.6. The standard InChI is InChI=1S/C36H55BClN3O7Si2/c1-34(2,3)50(11,12)46-28-21-44-30-27(20-43-31(28)30)45-33-40-32-26(41(33)22-42-17-18-49(8,9)10)19-25(38)29(39-32)23-13-15-24(16-14-23)37-47-35(4,5)36(6,7)48-37/h13-16,19,27-28,30-31H,17-18,20-22H2,1-12H3/t27-,28?,30-,31-/m1/s1. The molecule has 50 heavy (non-hydrogen) atoms. The van der Waals surface area contributed by atoms with E-state index in [-0.39, 0.29) is 36.2 Å². The van der Waals surface area contributed by atoms with Crippen molar-refractivity contribution in [1.29, 1.82) is 0 Å². The number of nitrogens with zero attached hydrogens (tertiary/aromatic N) is 3. The second-order valence-corrected chi connectivity index (χ2v) is 28.5.